The molecular formula is C30H36ClN5. The number of hydrogen-bond donors (Lipinski definition) is 0. The molecule has 0 N–H and O–H groups in total. The van der Waals surface area contributed by atoms with Gasteiger partial charge in [0.2, 0.25) is 0 Å². The van der Waals surface area contributed by atoms with Crippen LogP contribution in [0.4, 0.5) is 28.4 Å². The minimum atomic E-state index is 0.499. The topological polar surface area (TPSA) is 52.7 Å². The first-order chi connectivity index (χ1) is 17.7. The third-order valence-corrected chi connectivity index (χ3v) is 6.86. The van der Waals surface area contributed by atoms with E-state index in [1.807, 2.05) is 36.4 Å². The van der Waals surface area contributed by atoms with E-state index in [-0.39, 0.29) is 0 Å². The molecule has 0 radical (unpaired) electrons. The first-order valence-electron chi connectivity index (χ1n) is 13.3. The molecule has 188 valence electrons. The van der Waals surface area contributed by atoms with Crippen LogP contribution in [0.5, 0.6) is 0 Å². The molecule has 0 spiro atoms. The molecule has 36 heavy (non-hydrogen) atoms. The summed E-state index contributed by atoms with van der Waals surface area (Å²) in [6.45, 7) is 4.52. The van der Waals surface area contributed by atoms with Gasteiger partial charge in [0.1, 0.15) is 5.69 Å². The van der Waals surface area contributed by atoms with Crippen molar-refractivity contribution < 1.29 is 0 Å². The molecule has 0 aliphatic carbocycles. The smallest absolute Gasteiger partial charge is 0.104 e. The van der Waals surface area contributed by atoms with Crippen LogP contribution < -0.4 is 4.90 Å². The van der Waals surface area contributed by atoms with Gasteiger partial charge in [0, 0.05) is 18.8 Å². The summed E-state index contributed by atoms with van der Waals surface area (Å²) in [5.41, 5.74) is 5.53. The SMILES string of the molecule is CCCCCCCCc1ccc(N=Nc2ccc(N=Nc3ccc(N4CCCC4)cc3)cc2Cl)cc1. The Labute approximate surface area is 220 Å². The zero-order valence-electron chi connectivity index (χ0n) is 21.2. The molecule has 3 aromatic carbocycles. The summed E-state index contributed by atoms with van der Waals surface area (Å²) in [7, 11) is 0. The van der Waals surface area contributed by atoms with Crippen LogP contribution >= 0.6 is 11.6 Å². The molecule has 1 aliphatic heterocycles. The van der Waals surface area contributed by atoms with Gasteiger partial charge < -0.3 is 4.90 Å². The van der Waals surface area contributed by atoms with Crippen molar-refractivity contribution in [3.05, 3.63) is 77.3 Å². The summed E-state index contributed by atoms with van der Waals surface area (Å²) in [4.78, 5) is 2.40. The minimum absolute atomic E-state index is 0.499. The first kappa shape index (κ1) is 26.0. The van der Waals surface area contributed by atoms with Crippen molar-refractivity contribution in [3.63, 3.8) is 0 Å². The van der Waals surface area contributed by atoms with Crippen molar-refractivity contribution in [3.8, 4) is 0 Å². The zero-order chi connectivity index (χ0) is 25.0. The van der Waals surface area contributed by atoms with Crippen molar-refractivity contribution in [2.45, 2.75) is 64.7 Å². The van der Waals surface area contributed by atoms with Gasteiger partial charge in [0.15, 0.2) is 0 Å². The van der Waals surface area contributed by atoms with E-state index in [2.05, 4.69) is 56.5 Å². The lowest BCUT2D eigenvalue weighted by Crippen LogP contribution is -2.17. The lowest BCUT2D eigenvalue weighted by molar-refractivity contribution is 0.607. The van der Waals surface area contributed by atoms with E-state index in [0.29, 0.717) is 16.4 Å². The van der Waals surface area contributed by atoms with Crippen molar-refractivity contribution in [1.82, 2.24) is 0 Å². The number of benzene rings is 3. The number of nitrogens with zero attached hydrogens (tertiary/aromatic N) is 5. The number of hydrogen-bond acceptors (Lipinski definition) is 5. The van der Waals surface area contributed by atoms with Crippen molar-refractivity contribution in [2.24, 2.45) is 20.5 Å². The highest BCUT2D eigenvalue weighted by atomic mass is 35.5. The highest BCUT2D eigenvalue weighted by molar-refractivity contribution is 6.33. The largest absolute Gasteiger partial charge is 0.372 e. The maximum atomic E-state index is 6.44. The third kappa shape index (κ3) is 7.99. The number of unbranched alkanes of at least 4 members (excludes halogenated alkanes) is 5. The summed E-state index contributed by atoms with van der Waals surface area (Å²) < 4.78 is 0. The number of azo groups is 2. The summed E-state index contributed by atoms with van der Waals surface area (Å²) in [6.07, 6.45) is 11.5. The number of rotatable bonds is 12. The summed E-state index contributed by atoms with van der Waals surface area (Å²) >= 11 is 6.44. The molecule has 0 bridgehead atoms. The molecule has 0 unspecified atom stereocenters. The van der Waals surface area contributed by atoms with Crippen molar-refractivity contribution in [1.29, 1.82) is 0 Å². The molecular weight excluding hydrogens is 466 g/mol. The second kappa shape index (κ2) is 13.9. The van der Waals surface area contributed by atoms with Crippen LogP contribution in [-0.2, 0) is 6.42 Å². The molecule has 0 atom stereocenters. The molecule has 4 rings (SSSR count). The minimum Gasteiger partial charge on any atom is -0.372 e. The third-order valence-electron chi connectivity index (χ3n) is 6.56. The normalized spacial score (nSPS) is 13.9. The van der Waals surface area contributed by atoms with Crippen LogP contribution in [-0.4, -0.2) is 13.1 Å². The summed E-state index contributed by atoms with van der Waals surface area (Å²) in [6, 6.07) is 22.0. The highest BCUT2D eigenvalue weighted by Gasteiger charge is 2.11. The standard InChI is InChI=1S/C30H36ClN5/c1-2-3-4-5-6-7-10-24-11-13-25(14-12-24)33-35-30-20-17-27(23-29(30)31)34-32-26-15-18-28(19-16-26)36-21-8-9-22-36/h11-20,23H,2-10,21-22H2,1H3. The van der Waals surface area contributed by atoms with E-state index >= 15 is 0 Å². The van der Waals surface area contributed by atoms with E-state index < -0.39 is 0 Å². The van der Waals surface area contributed by atoms with E-state index in [0.717, 1.165) is 30.9 Å². The van der Waals surface area contributed by atoms with Gasteiger partial charge in [-0.3, -0.25) is 0 Å². The first-order valence-corrected chi connectivity index (χ1v) is 13.7. The van der Waals surface area contributed by atoms with Crippen LogP contribution in [0.2, 0.25) is 5.02 Å². The number of anilines is 1. The molecule has 1 aliphatic rings. The average molecular weight is 502 g/mol. The van der Waals surface area contributed by atoms with Gasteiger partial charge in [-0.05, 0) is 85.8 Å². The van der Waals surface area contributed by atoms with Gasteiger partial charge in [-0.15, -0.1) is 5.11 Å². The van der Waals surface area contributed by atoms with E-state index in [4.69, 9.17) is 11.6 Å². The molecule has 0 aromatic heterocycles. The van der Waals surface area contributed by atoms with Crippen LogP contribution in [0.25, 0.3) is 0 Å². The molecule has 5 nitrogen and oxygen atoms in total. The van der Waals surface area contributed by atoms with Crippen LogP contribution in [0.3, 0.4) is 0 Å². The second-order valence-electron chi connectivity index (χ2n) is 9.43. The fourth-order valence-electron chi connectivity index (χ4n) is 4.41. The Balaban J connectivity index is 1.28. The Bertz CT molecular complexity index is 1130. The van der Waals surface area contributed by atoms with E-state index in [1.54, 1.807) is 6.07 Å². The number of halogens is 1. The number of aryl methyl sites for hydroxylation is 1. The van der Waals surface area contributed by atoms with Crippen LogP contribution in [0, 0.1) is 0 Å². The highest BCUT2D eigenvalue weighted by Crippen LogP contribution is 2.32. The van der Waals surface area contributed by atoms with Crippen LogP contribution in [0.15, 0.2) is 87.2 Å². The Morgan fingerprint density at radius 2 is 1.25 bits per heavy atom. The molecule has 1 fully saturated rings. The Kier molecular flexibility index (Phi) is 10.0. The lowest BCUT2D eigenvalue weighted by Gasteiger charge is -2.17. The fourth-order valence-corrected chi connectivity index (χ4v) is 4.62. The molecule has 0 saturated carbocycles. The molecule has 1 heterocycles. The van der Waals surface area contributed by atoms with Gasteiger partial charge in [-0.2, -0.15) is 15.3 Å². The Hall–Kier alpha value is -3.05. The van der Waals surface area contributed by atoms with E-state index in [9.17, 15) is 0 Å². The van der Waals surface area contributed by atoms with Gasteiger partial charge >= 0.3 is 0 Å². The van der Waals surface area contributed by atoms with Crippen molar-refractivity contribution in [2.75, 3.05) is 18.0 Å². The Morgan fingerprint density at radius 3 is 1.94 bits per heavy atom. The van der Waals surface area contributed by atoms with Gasteiger partial charge in [0.25, 0.3) is 0 Å². The van der Waals surface area contributed by atoms with Crippen LogP contribution in [0.1, 0.15) is 63.9 Å². The van der Waals surface area contributed by atoms with Gasteiger partial charge in [-0.25, -0.2) is 0 Å². The maximum Gasteiger partial charge on any atom is 0.104 e. The average Bonchev–Trinajstić information content (AvgIpc) is 3.45. The lowest BCUT2D eigenvalue weighted by atomic mass is 10.0. The van der Waals surface area contributed by atoms with E-state index in [1.165, 1.54) is 62.6 Å². The zero-order valence-corrected chi connectivity index (χ0v) is 22.0. The predicted octanol–water partition coefficient (Wildman–Crippen LogP) is 10.7. The molecule has 1 saturated heterocycles. The molecule has 3 aromatic rings. The Morgan fingerprint density at radius 1 is 0.667 bits per heavy atom. The van der Waals surface area contributed by atoms with Crippen molar-refractivity contribution >= 4 is 40.0 Å². The quantitative estimate of drug-likeness (QED) is 0.180. The van der Waals surface area contributed by atoms with Gasteiger partial charge in [-0.1, -0.05) is 62.8 Å². The fraction of sp³-hybridized carbons (Fsp3) is 0.400. The second-order valence-corrected chi connectivity index (χ2v) is 9.84. The summed E-state index contributed by atoms with van der Waals surface area (Å²) in [5, 5.41) is 17.9. The molecule has 6 heteroatoms. The van der Waals surface area contributed by atoms with Gasteiger partial charge in [0.05, 0.1) is 22.1 Å². The molecule has 0 amide bonds. The predicted molar refractivity (Wildman–Crippen MR) is 151 cm³/mol. The summed E-state index contributed by atoms with van der Waals surface area (Å²) in [5.74, 6) is 0. The maximum absolute atomic E-state index is 6.44. The monoisotopic (exact) mass is 501 g/mol.